The number of para-hydroxylation sites is 2. The molecule has 1 heterocycles. The molecule has 0 N–H and O–H groups in total. The zero-order valence-electron chi connectivity index (χ0n) is 22.9. The summed E-state index contributed by atoms with van der Waals surface area (Å²) in [6.07, 6.45) is 0. The van der Waals surface area contributed by atoms with E-state index in [9.17, 15) is 0 Å². The van der Waals surface area contributed by atoms with Gasteiger partial charge in [0, 0.05) is 27.8 Å². The van der Waals surface area contributed by atoms with Crippen LogP contribution in [-0.4, -0.2) is 0 Å². The lowest BCUT2D eigenvalue weighted by molar-refractivity contribution is 0.669. The molecular weight excluding hydrogens is 510 g/mol. The monoisotopic (exact) mass is 537 g/mol. The van der Waals surface area contributed by atoms with Crippen molar-refractivity contribution in [1.82, 2.24) is 0 Å². The molecule has 42 heavy (non-hydrogen) atoms. The Morgan fingerprint density at radius 1 is 0.357 bits per heavy atom. The lowest BCUT2D eigenvalue weighted by atomic mass is 9.94. The molecule has 0 spiro atoms. The molecule has 0 unspecified atom stereocenters. The predicted octanol–water partition coefficient (Wildman–Crippen LogP) is 11.5. The molecule has 0 radical (unpaired) electrons. The predicted molar refractivity (Wildman–Crippen MR) is 177 cm³/mol. The van der Waals surface area contributed by atoms with Crippen LogP contribution in [0.25, 0.3) is 55.0 Å². The minimum Gasteiger partial charge on any atom is -0.456 e. The van der Waals surface area contributed by atoms with E-state index >= 15 is 0 Å². The van der Waals surface area contributed by atoms with Gasteiger partial charge in [0.25, 0.3) is 0 Å². The van der Waals surface area contributed by atoms with E-state index in [2.05, 4.69) is 169 Å². The third-order valence-corrected chi connectivity index (χ3v) is 8.05. The van der Waals surface area contributed by atoms with Crippen LogP contribution in [0.2, 0.25) is 0 Å². The van der Waals surface area contributed by atoms with Gasteiger partial charge < -0.3 is 9.32 Å². The highest BCUT2D eigenvalue weighted by atomic mass is 16.3. The van der Waals surface area contributed by atoms with Crippen LogP contribution in [0.15, 0.2) is 168 Å². The van der Waals surface area contributed by atoms with Gasteiger partial charge in [0.2, 0.25) is 0 Å². The normalized spacial score (nSPS) is 11.3. The van der Waals surface area contributed by atoms with E-state index in [4.69, 9.17) is 4.42 Å². The van der Waals surface area contributed by atoms with Gasteiger partial charge in [0.05, 0.1) is 0 Å². The Balaban J connectivity index is 1.22. The summed E-state index contributed by atoms with van der Waals surface area (Å²) in [5.41, 5.74) is 9.84. The first kappa shape index (κ1) is 24.2. The van der Waals surface area contributed by atoms with Gasteiger partial charge in [-0.25, -0.2) is 0 Å². The third-order valence-electron chi connectivity index (χ3n) is 8.05. The lowest BCUT2D eigenvalue weighted by Gasteiger charge is -2.25. The van der Waals surface area contributed by atoms with Crippen molar-refractivity contribution in [3.05, 3.63) is 164 Å². The van der Waals surface area contributed by atoms with Gasteiger partial charge in [-0.3, -0.25) is 0 Å². The average Bonchev–Trinajstić information content (AvgIpc) is 3.44. The van der Waals surface area contributed by atoms with Crippen LogP contribution >= 0.6 is 0 Å². The van der Waals surface area contributed by atoms with E-state index in [1.54, 1.807) is 0 Å². The Morgan fingerprint density at radius 2 is 0.905 bits per heavy atom. The molecule has 1 aromatic heterocycles. The minimum atomic E-state index is 0.900. The van der Waals surface area contributed by atoms with Crippen molar-refractivity contribution in [2.24, 2.45) is 0 Å². The first-order valence-corrected chi connectivity index (χ1v) is 14.3. The minimum absolute atomic E-state index is 0.900. The molecule has 0 bridgehead atoms. The standard InChI is InChI=1S/C40H27NO/c1-4-12-29(13-5-1)37-27-39-40(35-19-11-10-18-34(35)37)36-25-22-30(26-38(36)42-39)28-20-23-33(24-21-28)41(31-14-6-2-7-15-31)32-16-8-3-9-17-32/h1-27H. The summed E-state index contributed by atoms with van der Waals surface area (Å²) in [4.78, 5) is 2.28. The van der Waals surface area contributed by atoms with Crippen LogP contribution in [0, 0.1) is 0 Å². The Hall–Kier alpha value is -5.60. The number of anilines is 3. The molecular formula is C40H27NO. The van der Waals surface area contributed by atoms with Gasteiger partial charge in [-0.2, -0.15) is 0 Å². The molecule has 0 saturated carbocycles. The van der Waals surface area contributed by atoms with Crippen molar-refractivity contribution in [2.75, 3.05) is 4.90 Å². The molecule has 2 heteroatoms. The number of benzene rings is 7. The zero-order valence-corrected chi connectivity index (χ0v) is 22.9. The Bertz CT molecular complexity index is 2120. The number of nitrogens with zero attached hydrogens (tertiary/aromatic N) is 1. The van der Waals surface area contributed by atoms with Crippen molar-refractivity contribution < 1.29 is 4.42 Å². The molecule has 0 aliphatic carbocycles. The zero-order chi connectivity index (χ0) is 27.9. The van der Waals surface area contributed by atoms with E-state index in [0.717, 1.165) is 44.7 Å². The first-order valence-electron chi connectivity index (χ1n) is 14.3. The van der Waals surface area contributed by atoms with Crippen LogP contribution in [-0.2, 0) is 0 Å². The highest BCUT2D eigenvalue weighted by Gasteiger charge is 2.16. The fraction of sp³-hybridized carbons (Fsp3) is 0. The number of furan rings is 1. The molecule has 0 amide bonds. The summed E-state index contributed by atoms with van der Waals surface area (Å²) < 4.78 is 6.55. The molecule has 7 aromatic carbocycles. The summed E-state index contributed by atoms with van der Waals surface area (Å²) in [6.45, 7) is 0. The number of rotatable bonds is 5. The topological polar surface area (TPSA) is 16.4 Å². The third kappa shape index (κ3) is 4.13. The van der Waals surface area contributed by atoms with Gasteiger partial charge in [-0.05, 0) is 87.6 Å². The second-order valence-electron chi connectivity index (χ2n) is 10.6. The fourth-order valence-corrected chi connectivity index (χ4v) is 6.08. The van der Waals surface area contributed by atoms with Crippen LogP contribution in [0.3, 0.4) is 0 Å². The van der Waals surface area contributed by atoms with Gasteiger partial charge in [-0.1, -0.05) is 109 Å². The summed E-state index contributed by atoms with van der Waals surface area (Å²) in [6, 6.07) is 57.7. The SMILES string of the molecule is c1ccc(-c2cc3oc4cc(-c5ccc(N(c6ccccc6)c6ccccc6)cc5)ccc4c3c3ccccc23)cc1. The maximum Gasteiger partial charge on any atom is 0.136 e. The Labute approximate surface area is 244 Å². The molecule has 0 atom stereocenters. The van der Waals surface area contributed by atoms with Crippen molar-refractivity contribution >= 4 is 49.8 Å². The summed E-state index contributed by atoms with van der Waals surface area (Å²) >= 11 is 0. The highest BCUT2D eigenvalue weighted by Crippen LogP contribution is 2.41. The number of hydrogen-bond donors (Lipinski definition) is 0. The smallest absolute Gasteiger partial charge is 0.136 e. The van der Waals surface area contributed by atoms with E-state index in [0.29, 0.717) is 0 Å². The molecule has 8 rings (SSSR count). The molecule has 8 aromatic rings. The first-order chi connectivity index (χ1) is 20.8. The molecule has 2 nitrogen and oxygen atoms in total. The molecule has 0 aliphatic heterocycles. The van der Waals surface area contributed by atoms with E-state index < -0.39 is 0 Å². The van der Waals surface area contributed by atoms with Crippen LogP contribution in [0.1, 0.15) is 0 Å². The number of hydrogen-bond acceptors (Lipinski definition) is 2. The molecule has 198 valence electrons. The number of fused-ring (bicyclic) bond motifs is 5. The van der Waals surface area contributed by atoms with Gasteiger partial charge >= 0.3 is 0 Å². The highest BCUT2D eigenvalue weighted by molar-refractivity contribution is 6.22. The Kier molecular flexibility index (Phi) is 5.82. The maximum absolute atomic E-state index is 6.55. The van der Waals surface area contributed by atoms with Gasteiger partial charge in [-0.15, -0.1) is 0 Å². The molecule has 0 fully saturated rings. The van der Waals surface area contributed by atoms with Crippen molar-refractivity contribution in [1.29, 1.82) is 0 Å². The molecule has 0 saturated heterocycles. The van der Waals surface area contributed by atoms with Crippen LogP contribution in [0.4, 0.5) is 17.1 Å². The second kappa shape index (κ2) is 10.1. The van der Waals surface area contributed by atoms with E-state index in [1.165, 1.54) is 27.3 Å². The quantitative estimate of drug-likeness (QED) is 0.217. The second-order valence-corrected chi connectivity index (χ2v) is 10.6. The summed E-state index contributed by atoms with van der Waals surface area (Å²) in [5.74, 6) is 0. The molecule has 0 aliphatic rings. The summed E-state index contributed by atoms with van der Waals surface area (Å²) in [5, 5.41) is 4.76. The lowest BCUT2D eigenvalue weighted by Crippen LogP contribution is -2.09. The maximum atomic E-state index is 6.55. The van der Waals surface area contributed by atoms with Crippen molar-refractivity contribution in [3.8, 4) is 22.3 Å². The Morgan fingerprint density at radius 3 is 1.57 bits per heavy atom. The average molecular weight is 538 g/mol. The largest absolute Gasteiger partial charge is 0.456 e. The van der Waals surface area contributed by atoms with Crippen LogP contribution in [0.5, 0.6) is 0 Å². The van der Waals surface area contributed by atoms with E-state index in [1.807, 2.05) is 0 Å². The van der Waals surface area contributed by atoms with Crippen LogP contribution < -0.4 is 4.90 Å². The summed E-state index contributed by atoms with van der Waals surface area (Å²) in [7, 11) is 0. The van der Waals surface area contributed by atoms with E-state index in [-0.39, 0.29) is 0 Å². The van der Waals surface area contributed by atoms with Crippen molar-refractivity contribution in [2.45, 2.75) is 0 Å². The van der Waals surface area contributed by atoms with Gasteiger partial charge in [0.1, 0.15) is 11.2 Å². The fourth-order valence-electron chi connectivity index (χ4n) is 6.08. The van der Waals surface area contributed by atoms with Gasteiger partial charge in [0.15, 0.2) is 0 Å². The van der Waals surface area contributed by atoms with Crippen molar-refractivity contribution in [3.63, 3.8) is 0 Å².